The number of carbonyl (C=O) groups is 1. The van der Waals surface area contributed by atoms with E-state index in [1.165, 1.54) is 6.07 Å². The highest BCUT2D eigenvalue weighted by molar-refractivity contribution is 5.94. The van der Waals surface area contributed by atoms with Crippen LogP contribution in [0.5, 0.6) is 0 Å². The van der Waals surface area contributed by atoms with E-state index in [0.29, 0.717) is 29.6 Å². The van der Waals surface area contributed by atoms with Gasteiger partial charge in [-0.3, -0.25) is 4.79 Å². The van der Waals surface area contributed by atoms with E-state index in [-0.39, 0.29) is 24.4 Å². The smallest absolute Gasteiger partial charge is 0.253 e. The summed E-state index contributed by atoms with van der Waals surface area (Å²) in [4.78, 5) is 14.6. The van der Waals surface area contributed by atoms with Gasteiger partial charge < -0.3 is 10.6 Å². The van der Waals surface area contributed by atoms with Gasteiger partial charge in [0.15, 0.2) is 0 Å². The van der Waals surface area contributed by atoms with E-state index in [0.717, 1.165) is 30.8 Å². The zero-order chi connectivity index (χ0) is 17.7. The fourth-order valence-corrected chi connectivity index (χ4v) is 4.34. The molecule has 1 saturated carbocycles. The molecule has 2 N–H and O–H groups in total. The Bertz CT molecular complexity index is 837. The van der Waals surface area contributed by atoms with Crippen LogP contribution in [0.1, 0.15) is 34.6 Å². The summed E-state index contributed by atoms with van der Waals surface area (Å²) < 4.78 is 16.2. The normalized spacial score (nSPS) is 24.5. The molecule has 1 aromatic carbocycles. The second-order valence-electron chi connectivity index (χ2n) is 7.38. The van der Waals surface area contributed by atoms with Crippen LogP contribution in [0, 0.1) is 31.5 Å². The Morgan fingerprint density at radius 3 is 2.62 bits per heavy atom. The summed E-state index contributed by atoms with van der Waals surface area (Å²) in [7, 11) is 0. The summed E-state index contributed by atoms with van der Waals surface area (Å²) in [6, 6.07) is 6.72. The molecule has 5 nitrogen and oxygen atoms in total. The number of amides is 1. The van der Waals surface area contributed by atoms with E-state index < -0.39 is 5.82 Å². The van der Waals surface area contributed by atoms with Crippen molar-refractivity contribution >= 4 is 18.3 Å². The summed E-state index contributed by atoms with van der Waals surface area (Å²) in [6.07, 6.45) is 2.13. The number of carbonyl (C=O) groups excluding carboxylic acids is 1. The molecule has 1 aliphatic carbocycles. The summed E-state index contributed by atoms with van der Waals surface area (Å²) in [5, 5.41) is 4.31. The van der Waals surface area contributed by atoms with Gasteiger partial charge in [-0.1, -0.05) is 0 Å². The zero-order valence-electron chi connectivity index (χ0n) is 15.0. The molecule has 0 spiro atoms. The van der Waals surface area contributed by atoms with Crippen LogP contribution in [-0.4, -0.2) is 39.7 Å². The molecular weight excluding hydrogens is 355 g/mol. The Balaban J connectivity index is 0.00000196. The lowest BCUT2D eigenvalue weighted by atomic mass is 9.98. The highest BCUT2D eigenvalue weighted by Crippen LogP contribution is 2.37. The minimum atomic E-state index is -0.437. The number of benzene rings is 1. The molecule has 0 bridgehead atoms. The van der Waals surface area contributed by atoms with E-state index in [9.17, 15) is 9.18 Å². The maximum atomic E-state index is 14.6. The lowest BCUT2D eigenvalue weighted by Gasteiger charge is -2.19. The number of likely N-dealkylation sites (tertiary alicyclic amines) is 1. The van der Waals surface area contributed by atoms with Crippen molar-refractivity contribution < 1.29 is 9.18 Å². The molecule has 2 aromatic rings. The number of nitrogens with two attached hydrogens (primary N) is 1. The lowest BCUT2D eigenvalue weighted by molar-refractivity contribution is 0.0779. The maximum Gasteiger partial charge on any atom is 0.253 e. The van der Waals surface area contributed by atoms with Crippen LogP contribution >= 0.6 is 12.4 Å². The Morgan fingerprint density at radius 1 is 1.23 bits per heavy atom. The summed E-state index contributed by atoms with van der Waals surface area (Å²) >= 11 is 0. The first-order chi connectivity index (χ1) is 11.9. The van der Waals surface area contributed by atoms with E-state index in [1.807, 2.05) is 24.8 Å². The molecule has 1 amide bonds. The molecular formula is C19H24ClFN4O. The molecule has 140 valence electrons. The molecule has 1 aromatic heterocycles. The SMILES string of the molecule is Cc1cc(C)n(-c2ccc(C(=O)N3CC4CCC(N)C4C3)cc2F)n1.Cl. The Morgan fingerprint density at radius 2 is 2.00 bits per heavy atom. The number of hydrogen-bond donors (Lipinski definition) is 1. The number of hydrogen-bond acceptors (Lipinski definition) is 3. The second-order valence-corrected chi connectivity index (χ2v) is 7.38. The molecule has 2 fully saturated rings. The highest BCUT2D eigenvalue weighted by Gasteiger charge is 2.42. The minimum absolute atomic E-state index is 0. The van der Waals surface area contributed by atoms with Crippen molar-refractivity contribution in [2.75, 3.05) is 13.1 Å². The molecule has 4 rings (SSSR count). The Labute approximate surface area is 158 Å². The van der Waals surface area contributed by atoms with Crippen molar-refractivity contribution in [2.45, 2.75) is 32.7 Å². The molecule has 2 heterocycles. The van der Waals surface area contributed by atoms with Crippen LogP contribution < -0.4 is 5.73 Å². The number of rotatable bonds is 2. The third-order valence-corrected chi connectivity index (χ3v) is 5.63. The van der Waals surface area contributed by atoms with Crippen molar-refractivity contribution in [2.24, 2.45) is 17.6 Å². The monoisotopic (exact) mass is 378 g/mol. The van der Waals surface area contributed by atoms with Gasteiger partial charge >= 0.3 is 0 Å². The number of aryl methyl sites for hydroxylation is 2. The van der Waals surface area contributed by atoms with Gasteiger partial charge in [-0.2, -0.15) is 5.10 Å². The minimum Gasteiger partial charge on any atom is -0.338 e. The van der Waals surface area contributed by atoms with E-state index in [2.05, 4.69) is 5.10 Å². The predicted octanol–water partition coefficient (Wildman–Crippen LogP) is 2.86. The van der Waals surface area contributed by atoms with Gasteiger partial charge in [0.25, 0.3) is 5.91 Å². The van der Waals surface area contributed by atoms with E-state index in [4.69, 9.17) is 5.73 Å². The van der Waals surface area contributed by atoms with Gasteiger partial charge in [0.2, 0.25) is 0 Å². The Kier molecular flexibility index (Phi) is 5.08. The maximum absolute atomic E-state index is 14.6. The van der Waals surface area contributed by atoms with Gasteiger partial charge in [-0.25, -0.2) is 9.07 Å². The van der Waals surface area contributed by atoms with Crippen molar-refractivity contribution in [1.29, 1.82) is 0 Å². The van der Waals surface area contributed by atoms with Crippen LogP contribution in [0.25, 0.3) is 5.69 Å². The summed E-state index contributed by atoms with van der Waals surface area (Å²) in [5.74, 6) is 0.342. The molecule has 2 aliphatic rings. The van der Waals surface area contributed by atoms with Gasteiger partial charge in [0.05, 0.1) is 5.69 Å². The van der Waals surface area contributed by atoms with Crippen molar-refractivity contribution in [3.8, 4) is 5.69 Å². The predicted molar refractivity (Wildman–Crippen MR) is 100 cm³/mol. The third kappa shape index (κ3) is 3.12. The summed E-state index contributed by atoms with van der Waals surface area (Å²) in [6.45, 7) is 5.17. The average Bonchev–Trinajstić information content (AvgIpc) is 3.23. The van der Waals surface area contributed by atoms with Crippen LogP contribution in [0.3, 0.4) is 0 Å². The molecule has 1 saturated heterocycles. The second kappa shape index (κ2) is 7.00. The fourth-order valence-electron chi connectivity index (χ4n) is 4.34. The topological polar surface area (TPSA) is 64.2 Å². The number of fused-ring (bicyclic) bond motifs is 1. The Hall–Kier alpha value is -1.92. The van der Waals surface area contributed by atoms with Crippen LogP contribution in [-0.2, 0) is 0 Å². The molecule has 0 radical (unpaired) electrons. The zero-order valence-corrected chi connectivity index (χ0v) is 15.8. The van der Waals surface area contributed by atoms with Crippen molar-refractivity contribution in [1.82, 2.24) is 14.7 Å². The first kappa shape index (κ1) is 18.9. The van der Waals surface area contributed by atoms with Crippen LogP contribution in [0.4, 0.5) is 4.39 Å². The molecule has 7 heteroatoms. The lowest BCUT2D eigenvalue weighted by Crippen LogP contribution is -2.33. The van der Waals surface area contributed by atoms with Gasteiger partial charge in [0.1, 0.15) is 11.5 Å². The molecule has 3 atom stereocenters. The summed E-state index contributed by atoms with van der Waals surface area (Å²) in [5.41, 5.74) is 8.58. The van der Waals surface area contributed by atoms with Crippen LogP contribution in [0.2, 0.25) is 0 Å². The third-order valence-electron chi connectivity index (χ3n) is 5.63. The standard InChI is InChI=1S/C19H23FN4O.ClH/c1-11-7-12(2)24(22-11)18-6-4-13(8-16(18)20)19(25)23-9-14-3-5-17(21)15(14)10-23;/h4,6-8,14-15,17H,3,5,9-10,21H2,1-2H3;1H. The first-order valence-electron chi connectivity index (χ1n) is 8.82. The van der Waals surface area contributed by atoms with Crippen molar-refractivity contribution in [3.05, 3.63) is 47.0 Å². The van der Waals surface area contributed by atoms with Gasteiger partial charge in [0, 0.05) is 30.4 Å². The van der Waals surface area contributed by atoms with Crippen LogP contribution in [0.15, 0.2) is 24.3 Å². The van der Waals surface area contributed by atoms with Gasteiger partial charge in [-0.15, -0.1) is 12.4 Å². The average molecular weight is 379 g/mol. The molecule has 26 heavy (non-hydrogen) atoms. The highest BCUT2D eigenvalue weighted by atomic mass is 35.5. The van der Waals surface area contributed by atoms with Crippen molar-refractivity contribution in [3.63, 3.8) is 0 Å². The number of nitrogens with zero attached hydrogens (tertiary/aromatic N) is 3. The first-order valence-corrected chi connectivity index (χ1v) is 8.82. The van der Waals surface area contributed by atoms with Gasteiger partial charge in [-0.05, 0) is 62.8 Å². The number of aromatic nitrogens is 2. The van der Waals surface area contributed by atoms with E-state index >= 15 is 0 Å². The number of halogens is 2. The fraction of sp³-hybridized carbons (Fsp3) is 0.474. The quantitative estimate of drug-likeness (QED) is 0.873. The van der Waals surface area contributed by atoms with E-state index in [1.54, 1.807) is 16.8 Å². The largest absolute Gasteiger partial charge is 0.338 e. The molecule has 1 aliphatic heterocycles. The molecule has 3 unspecified atom stereocenters.